The van der Waals surface area contributed by atoms with Crippen LogP contribution in [0.4, 0.5) is 5.82 Å². The lowest BCUT2D eigenvalue weighted by molar-refractivity contribution is -0.115. The fraction of sp³-hybridized carbons (Fsp3) is 0.167. The van der Waals surface area contributed by atoms with E-state index in [9.17, 15) is 9.59 Å². The Balaban J connectivity index is 2.23. The molecule has 2 amide bonds. The number of hydrogen-bond acceptors (Lipinski definition) is 4. The van der Waals surface area contributed by atoms with Gasteiger partial charge in [-0.15, -0.1) is 5.10 Å². The molecule has 0 fully saturated rings. The number of amides is 2. The van der Waals surface area contributed by atoms with Crippen LogP contribution >= 0.6 is 0 Å². The third kappa shape index (κ3) is 1.75. The fourth-order valence-electron chi connectivity index (χ4n) is 2.05. The minimum Gasteiger partial charge on any atom is -0.354 e. The molecule has 1 aromatic heterocycles. The molecule has 19 heavy (non-hydrogen) atoms. The Morgan fingerprint density at radius 1 is 1.42 bits per heavy atom. The van der Waals surface area contributed by atoms with Crippen molar-refractivity contribution in [1.82, 2.24) is 20.3 Å². The van der Waals surface area contributed by atoms with Gasteiger partial charge in [-0.1, -0.05) is 23.4 Å². The molecule has 0 radical (unpaired) electrons. The topological polar surface area (TPSA) is 88.9 Å². The molecule has 1 aliphatic heterocycles. The lowest BCUT2D eigenvalue weighted by Crippen LogP contribution is -2.22. The van der Waals surface area contributed by atoms with E-state index in [1.165, 1.54) is 11.7 Å². The van der Waals surface area contributed by atoms with Crippen molar-refractivity contribution in [3.8, 4) is 5.69 Å². The Labute approximate surface area is 108 Å². The van der Waals surface area contributed by atoms with Gasteiger partial charge in [0.25, 0.3) is 5.91 Å². The molecule has 0 saturated carbocycles. The average molecular weight is 257 g/mol. The summed E-state index contributed by atoms with van der Waals surface area (Å²) in [7, 11) is 1.50. The normalized spacial score (nSPS) is 13.0. The summed E-state index contributed by atoms with van der Waals surface area (Å²) in [5.41, 5.74) is 1.69. The van der Waals surface area contributed by atoms with Crippen molar-refractivity contribution in [1.29, 1.82) is 0 Å². The highest BCUT2D eigenvalue weighted by atomic mass is 16.2. The van der Waals surface area contributed by atoms with Crippen molar-refractivity contribution >= 4 is 17.6 Å². The van der Waals surface area contributed by atoms with E-state index >= 15 is 0 Å². The van der Waals surface area contributed by atoms with Crippen molar-refractivity contribution in [2.75, 3.05) is 12.4 Å². The molecule has 2 heterocycles. The van der Waals surface area contributed by atoms with Gasteiger partial charge < -0.3 is 10.6 Å². The predicted molar refractivity (Wildman–Crippen MR) is 67.1 cm³/mol. The van der Waals surface area contributed by atoms with E-state index in [0.29, 0.717) is 5.82 Å². The van der Waals surface area contributed by atoms with Gasteiger partial charge in [0.1, 0.15) is 0 Å². The van der Waals surface area contributed by atoms with Gasteiger partial charge in [0, 0.05) is 7.05 Å². The predicted octanol–water partition coefficient (Wildman–Crippen LogP) is 0.121. The zero-order chi connectivity index (χ0) is 13.4. The van der Waals surface area contributed by atoms with Gasteiger partial charge in [-0.25, -0.2) is 0 Å². The first kappa shape index (κ1) is 11.4. The standard InChI is InChI=1S/C12H11N5O2/c1-13-12(19)10-11-14-9(18)6-7-4-2-3-5-8(7)17(11)16-15-10/h2-5H,6H2,1H3,(H,13,19)(H,14,18). The maximum absolute atomic E-state index is 11.9. The summed E-state index contributed by atoms with van der Waals surface area (Å²) in [5.74, 6) is -0.283. The molecule has 0 spiro atoms. The van der Waals surface area contributed by atoms with E-state index in [4.69, 9.17) is 0 Å². The molecule has 0 aliphatic carbocycles. The number of fused-ring (bicyclic) bond motifs is 3. The molecule has 7 nitrogen and oxygen atoms in total. The Morgan fingerprint density at radius 3 is 3.00 bits per heavy atom. The smallest absolute Gasteiger partial charge is 0.275 e. The second-order valence-electron chi connectivity index (χ2n) is 4.13. The number of aromatic nitrogens is 3. The zero-order valence-corrected chi connectivity index (χ0v) is 10.2. The molecule has 0 atom stereocenters. The van der Waals surface area contributed by atoms with Crippen LogP contribution in [0.25, 0.3) is 5.69 Å². The monoisotopic (exact) mass is 257 g/mol. The maximum Gasteiger partial charge on any atom is 0.275 e. The highest BCUT2D eigenvalue weighted by molar-refractivity contribution is 6.02. The molecule has 96 valence electrons. The molecule has 1 aromatic carbocycles. The third-order valence-electron chi connectivity index (χ3n) is 2.94. The Morgan fingerprint density at radius 2 is 2.21 bits per heavy atom. The number of anilines is 1. The second-order valence-corrected chi connectivity index (χ2v) is 4.13. The van der Waals surface area contributed by atoms with E-state index < -0.39 is 0 Å². The minimum absolute atomic E-state index is 0.104. The molecule has 0 bridgehead atoms. The molecular weight excluding hydrogens is 246 g/mol. The van der Waals surface area contributed by atoms with Crippen LogP contribution < -0.4 is 10.6 Å². The number of carbonyl (C=O) groups is 2. The highest BCUT2D eigenvalue weighted by Crippen LogP contribution is 2.24. The number of rotatable bonds is 1. The number of nitrogens with one attached hydrogen (secondary N) is 2. The van der Waals surface area contributed by atoms with Gasteiger partial charge in [-0.3, -0.25) is 9.59 Å². The molecule has 3 rings (SSSR count). The summed E-state index contributed by atoms with van der Waals surface area (Å²) in [4.78, 5) is 23.6. The lowest BCUT2D eigenvalue weighted by Gasteiger charge is -2.05. The molecule has 0 unspecified atom stereocenters. The first-order valence-corrected chi connectivity index (χ1v) is 5.76. The summed E-state index contributed by atoms with van der Waals surface area (Å²) in [6, 6.07) is 7.39. The van der Waals surface area contributed by atoms with Crippen molar-refractivity contribution in [2.24, 2.45) is 0 Å². The van der Waals surface area contributed by atoms with Crippen LogP contribution in [0.1, 0.15) is 16.1 Å². The van der Waals surface area contributed by atoms with Gasteiger partial charge in [-0.05, 0) is 11.6 Å². The van der Waals surface area contributed by atoms with Crippen molar-refractivity contribution < 1.29 is 9.59 Å². The molecule has 7 heteroatoms. The van der Waals surface area contributed by atoms with Crippen molar-refractivity contribution in [3.05, 3.63) is 35.5 Å². The van der Waals surface area contributed by atoms with Crippen molar-refractivity contribution in [2.45, 2.75) is 6.42 Å². The third-order valence-corrected chi connectivity index (χ3v) is 2.94. The van der Waals surface area contributed by atoms with Crippen LogP contribution in [0.15, 0.2) is 24.3 Å². The van der Waals surface area contributed by atoms with Gasteiger partial charge in [0.15, 0.2) is 11.5 Å². The van der Waals surface area contributed by atoms with Gasteiger partial charge >= 0.3 is 0 Å². The highest BCUT2D eigenvalue weighted by Gasteiger charge is 2.25. The summed E-state index contributed by atoms with van der Waals surface area (Å²) in [6.45, 7) is 0. The number of nitrogens with zero attached hydrogens (tertiary/aromatic N) is 3. The fourth-order valence-corrected chi connectivity index (χ4v) is 2.05. The van der Waals surface area contributed by atoms with E-state index in [1.807, 2.05) is 24.3 Å². The van der Waals surface area contributed by atoms with E-state index in [1.54, 1.807) is 0 Å². The Hall–Kier alpha value is -2.70. The number of carbonyl (C=O) groups excluding carboxylic acids is 2. The first-order chi connectivity index (χ1) is 9.20. The Bertz CT molecular complexity index is 677. The van der Waals surface area contributed by atoms with Gasteiger partial charge in [0.2, 0.25) is 5.91 Å². The summed E-state index contributed by atoms with van der Waals surface area (Å²) in [5, 5.41) is 12.9. The number of para-hydroxylation sites is 1. The lowest BCUT2D eigenvalue weighted by atomic mass is 10.1. The van der Waals surface area contributed by atoms with E-state index in [2.05, 4.69) is 20.9 Å². The van der Waals surface area contributed by atoms with E-state index in [-0.39, 0.29) is 23.9 Å². The average Bonchev–Trinajstić information content (AvgIpc) is 2.76. The van der Waals surface area contributed by atoms with Crippen LogP contribution in [0.3, 0.4) is 0 Å². The maximum atomic E-state index is 11.9. The summed E-state index contributed by atoms with van der Waals surface area (Å²) < 4.78 is 1.48. The van der Waals surface area contributed by atoms with Crippen LogP contribution in [0, 0.1) is 0 Å². The minimum atomic E-state index is -0.388. The molecule has 0 saturated heterocycles. The molecule has 2 aromatic rings. The second kappa shape index (κ2) is 4.20. The van der Waals surface area contributed by atoms with Crippen LogP contribution in [-0.4, -0.2) is 33.9 Å². The van der Waals surface area contributed by atoms with E-state index in [0.717, 1.165) is 11.3 Å². The number of benzene rings is 1. The molecule has 2 N–H and O–H groups in total. The SMILES string of the molecule is CNC(=O)c1nnn2c1NC(=O)Cc1ccccc1-2. The van der Waals surface area contributed by atoms with Crippen LogP contribution in [0.2, 0.25) is 0 Å². The first-order valence-electron chi connectivity index (χ1n) is 5.76. The number of hydrogen-bond donors (Lipinski definition) is 2. The largest absolute Gasteiger partial charge is 0.354 e. The Kier molecular flexibility index (Phi) is 2.52. The van der Waals surface area contributed by atoms with Crippen LogP contribution in [-0.2, 0) is 11.2 Å². The molecular formula is C12H11N5O2. The van der Waals surface area contributed by atoms with Crippen LogP contribution in [0.5, 0.6) is 0 Å². The van der Waals surface area contributed by atoms with Gasteiger partial charge in [0.05, 0.1) is 12.1 Å². The summed E-state index contributed by atoms with van der Waals surface area (Å²) in [6.07, 6.45) is 0.243. The summed E-state index contributed by atoms with van der Waals surface area (Å²) >= 11 is 0. The quantitative estimate of drug-likeness (QED) is 0.759. The van der Waals surface area contributed by atoms with Crippen molar-refractivity contribution in [3.63, 3.8) is 0 Å². The zero-order valence-electron chi connectivity index (χ0n) is 10.2. The van der Waals surface area contributed by atoms with Gasteiger partial charge in [-0.2, -0.15) is 4.68 Å². The molecule has 1 aliphatic rings.